The smallest absolute Gasteiger partial charge is 0.128 e. The van der Waals surface area contributed by atoms with Gasteiger partial charge in [-0.2, -0.15) is 0 Å². The minimum atomic E-state index is -0.344. The molecule has 3 rings (SSSR count). The van der Waals surface area contributed by atoms with Crippen molar-refractivity contribution in [1.29, 1.82) is 0 Å². The van der Waals surface area contributed by atoms with Crippen LogP contribution in [0.2, 0.25) is 0 Å². The van der Waals surface area contributed by atoms with Crippen molar-refractivity contribution in [2.75, 3.05) is 0 Å². The molecule has 3 heteroatoms. The topological polar surface area (TPSA) is 32.3 Å². The maximum atomic E-state index is 13.4. The molecule has 22 heavy (non-hydrogen) atoms. The summed E-state index contributed by atoms with van der Waals surface area (Å²) in [6.45, 7) is 2.57. The van der Waals surface area contributed by atoms with E-state index in [0.717, 1.165) is 5.56 Å². The van der Waals surface area contributed by atoms with Crippen molar-refractivity contribution in [3.05, 3.63) is 70.5 Å². The van der Waals surface area contributed by atoms with E-state index in [1.54, 1.807) is 12.1 Å². The third kappa shape index (κ3) is 3.37. The Bertz CT molecular complexity index is 652. The zero-order valence-corrected chi connectivity index (χ0v) is 12.8. The summed E-state index contributed by atoms with van der Waals surface area (Å²) in [4.78, 5) is 0. The number of benzene rings is 2. The first-order valence-corrected chi connectivity index (χ1v) is 7.86. The number of halogens is 1. The highest BCUT2D eigenvalue weighted by Crippen LogP contribution is 2.42. The summed E-state index contributed by atoms with van der Waals surface area (Å²) >= 11 is 0. The van der Waals surface area contributed by atoms with Crippen LogP contribution in [0.5, 0.6) is 0 Å². The molecular weight excluding hydrogens is 277 g/mol. The second-order valence-corrected chi connectivity index (χ2v) is 6.14. The van der Waals surface area contributed by atoms with Gasteiger partial charge in [-0.3, -0.25) is 0 Å². The molecule has 116 valence electrons. The zero-order valence-electron chi connectivity index (χ0n) is 12.8. The second kappa shape index (κ2) is 6.59. The fourth-order valence-electron chi connectivity index (χ4n) is 2.98. The number of aliphatic hydroxyl groups excluding tert-OH is 1. The van der Waals surface area contributed by atoms with Gasteiger partial charge in [-0.1, -0.05) is 30.3 Å². The minimum absolute atomic E-state index is 0.260. The molecule has 0 spiro atoms. The van der Waals surface area contributed by atoms with E-state index in [0.29, 0.717) is 24.1 Å². The molecular formula is C19H22FNO. The van der Waals surface area contributed by atoms with E-state index in [1.807, 2.05) is 0 Å². The van der Waals surface area contributed by atoms with Crippen molar-refractivity contribution in [3.63, 3.8) is 0 Å². The molecule has 1 fully saturated rings. The molecule has 2 N–H and O–H groups in total. The molecule has 0 saturated heterocycles. The Morgan fingerprint density at radius 3 is 2.68 bits per heavy atom. The summed E-state index contributed by atoms with van der Waals surface area (Å²) < 4.78 is 13.4. The molecule has 1 unspecified atom stereocenters. The van der Waals surface area contributed by atoms with Gasteiger partial charge in [0.25, 0.3) is 0 Å². The van der Waals surface area contributed by atoms with Crippen molar-refractivity contribution < 1.29 is 9.50 Å². The normalized spacial score (nSPS) is 15.8. The largest absolute Gasteiger partial charge is 0.392 e. The van der Waals surface area contributed by atoms with Crippen molar-refractivity contribution in [3.8, 4) is 0 Å². The molecule has 1 aliphatic carbocycles. The number of nitrogens with one attached hydrogen (secondary N) is 1. The molecule has 2 nitrogen and oxygen atoms in total. The summed E-state index contributed by atoms with van der Waals surface area (Å²) in [6.07, 6.45) is 2.52. The SMILES string of the molecule is Cc1ccccc1C(NCc1ccc(F)c(CO)c1)C1CC1. The molecule has 1 saturated carbocycles. The Kier molecular flexibility index (Phi) is 4.55. The molecule has 1 aliphatic rings. The van der Waals surface area contributed by atoms with Gasteiger partial charge in [0, 0.05) is 18.2 Å². The highest BCUT2D eigenvalue weighted by molar-refractivity contribution is 5.31. The molecule has 2 aromatic rings. The van der Waals surface area contributed by atoms with Crippen LogP contribution in [-0.2, 0) is 13.2 Å². The van der Waals surface area contributed by atoms with Gasteiger partial charge in [0.15, 0.2) is 0 Å². The Morgan fingerprint density at radius 1 is 1.23 bits per heavy atom. The van der Waals surface area contributed by atoms with E-state index in [-0.39, 0.29) is 12.4 Å². The average molecular weight is 299 g/mol. The first-order chi connectivity index (χ1) is 10.7. The van der Waals surface area contributed by atoms with E-state index >= 15 is 0 Å². The van der Waals surface area contributed by atoms with Crippen LogP contribution in [0.25, 0.3) is 0 Å². The van der Waals surface area contributed by atoms with Crippen LogP contribution in [0, 0.1) is 18.7 Å². The van der Waals surface area contributed by atoms with Gasteiger partial charge in [-0.15, -0.1) is 0 Å². The lowest BCUT2D eigenvalue weighted by Gasteiger charge is -2.21. The lowest BCUT2D eigenvalue weighted by Crippen LogP contribution is -2.23. The van der Waals surface area contributed by atoms with Crippen LogP contribution >= 0.6 is 0 Å². The summed E-state index contributed by atoms with van der Waals surface area (Å²) in [5, 5.41) is 12.8. The molecule has 0 amide bonds. The Labute approximate surface area is 131 Å². The second-order valence-electron chi connectivity index (χ2n) is 6.14. The van der Waals surface area contributed by atoms with Crippen LogP contribution in [0.1, 0.15) is 41.1 Å². The van der Waals surface area contributed by atoms with E-state index < -0.39 is 0 Å². The van der Waals surface area contributed by atoms with Crippen molar-refractivity contribution in [2.45, 2.75) is 39.0 Å². The molecule has 0 heterocycles. The number of aliphatic hydroxyl groups is 1. The van der Waals surface area contributed by atoms with Gasteiger partial charge in [-0.05, 0) is 54.5 Å². The van der Waals surface area contributed by atoms with E-state index in [9.17, 15) is 9.50 Å². The van der Waals surface area contributed by atoms with E-state index in [4.69, 9.17) is 0 Å². The number of rotatable bonds is 6. The average Bonchev–Trinajstić information content (AvgIpc) is 3.35. The molecule has 0 aromatic heterocycles. The number of hydrogen-bond acceptors (Lipinski definition) is 2. The van der Waals surface area contributed by atoms with Gasteiger partial charge in [0.05, 0.1) is 6.61 Å². The van der Waals surface area contributed by atoms with Crippen LogP contribution in [0.4, 0.5) is 4.39 Å². The van der Waals surface area contributed by atoms with Gasteiger partial charge in [-0.25, -0.2) is 4.39 Å². The fraction of sp³-hybridized carbons (Fsp3) is 0.368. The number of hydrogen-bond donors (Lipinski definition) is 2. The highest BCUT2D eigenvalue weighted by Gasteiger charge is 2.32. The van der Waals surface area contributed by atoms with Crippen LogP contribution in [0.3, 0.4) is 0 Å². The molecule has 0 aliphatic heterocycles. The lowest BCUT2D eigenvalue weighted by atomic mass is 9.97. The molecule has 0 radical (unpaired) electrons. The molecule has 1 atom stereocenters. The van der Waals surface area contributed by atoms with Crippen LogP contribution in [-0.4, -0.2) is 5.11 Å². The summed E-state index contributed by atoms with van der Waals surface area (Å²) in [7, 11) is 0. The predicted molar refractivity (Wildman–Crippen MR) is 85.8 cm³/mol. The lowest BCUT2D eigenvalue weighted by molar-refractivity contribution is 0.275. The fourth-order valence-corrected chi connectivity index (χ4v) is 2.98. The van der Waals surface area contributed by atoms with E-state index in [1.165, 1.54) is 30.0 Å². The van der Waals surface area contributed by atoms with Crippen molar-refractivity contribution in [2.24, 2.45) is 5.92 Å². The predicted octanol–water partition coefficient (Wildman–Crippen LogP) is 3.87. The first-order valence-electron chi connectivity index (χ1n) is 7.86. The minimum Gasteiger partial charge on any atom is -0.392 e. The summed E-state index contributed by atoms with van der Waals surface area (Å²) in [6, 6.07) is 13.8. The molecule has 2 aromatic carbocycles. The monoisotopic (exact) mass is 299 g/mol. The van der Waals surface area contributed by atoms with E-state index in [2.05, 4.69) is 36.5 Å². The first kappa shape index (κ1) is 15.2. The highest BCUT2D eigenvalue weighted by atomic mass is 19.1. The Balaban J connectivity index is 1.74. The quantitative estimate of drug-likeness (QED) is 0.848. The van der Waals surface area contributed by atoms with Crippen molar-refractivity contribution in [1.82, 2.24) is 5.32 Å². The summed E-state index contributed by atoms with van der Waals surface area (Å²) in [5.74, 6) is 0.350. The third-order valence-corrected chi connectivity index (χ3v) is 4.42. The summed E-state index contributed by atoms with van der Waals surface area (Å²) in [5.41, 5.74) is 4.03. The maximum Gasteiger partial charge on any atom is 0.128 e. The Hall–Kier alpha value is -1.71. The maximum absolute atomic E-state index is 13.4. The standard InChI is InChI=1S/C19H22FNO/c1-13-4-2-3-5-17(13)19(15-7-8-15)21-11-14-6-9-18(20)16(10-14)12-22/h2-6,9-10,15,19,21-22H,7-8,11-12H2,1H3. The zero-order chi connectivity index (χ0) is 15.5. The van der Waals surface area contributed by atoms with Gasteiger partial charge < -0.3 is 10.4 Å². The van der Waals surface area contributed by atoms with Crippen LogP contribution in [0.15, 0.2) is 42.5 Å². The van der Waals surface area contributed by atoms with Crippen molar-refractivity contribution >= 4 is 0 Å². The van der Waals surface area contributed by atoms with Crippen LogP contribution < -0.4 is 5.32 Å². The number of aryl methyl sites for hydroxylation is 1. The van der Waals surface area contributed by atoms with Gasteiger partial charge in [0.1, 0.15) is 5.82 Å². The van der Waals surface area contributed by atoms with Gasteiger partial charge in [0.2, 0.25) is 0 Å². The molecule has 0 bridgehead atoms. The third-order valence-electron chi connectivity index (χ3n) is 4.42. The van der Waals surface area contributed by atoms with Gasteiger partial charge >= 0.3 is 0 Å². The Morgan fingerprint density at radius 2 is 2.00 bits per heavy atom.